The number of hydroxylamine groups is 2. The number of rotatable bonds is 15. The predicted molar refractivity (Wildman–Crippen MR) is 120 cm³/mol. The van der Waals surface area contributed by atoms with E-state index in [-0.39, 0.29) is 37.9 Å². The van der Waals surface area contributed by atoms with Crippen LogP contribution in [0.15, 0.2) is 53.4 Å². The molecule has 1 aliphatic heterocycles. The zero-order valence-corrected chi connectivity index (χ0v) is 19.6. The van der Waals surface area contributed by atoms with Crippen molar-refractivity contribution in [1.29, 1.82) is 0 Å². The molecule has 3 rings (SSSR count). The maximum Gasteiger partial charge on any atom is 0.297 e. The Kier molecular flexibility index (Phi) is 9.69. The third-order valence-electron chi connectivity index (χ3n) is 4.72. The van der Waals surface area contributed by atoms with Gasteiger partial charge < -0.3 is 14.2 Å². The van der Waals surface area contributed by atoms with Crippen molar-refractivity contribution in [2.24, 2.45) is 0 Å². The SMILES string of the molecule is Cc1ccc(S(=O)(=O)OCCOCCOCCOCCON2C(=O)c3ccccc3C2=O)cc1. The Morgan fingerprint density at radius 3 is 1.68 bits per heavy atom. The number of imide groups is 1. The molecular weight excluding hydrogens is 466 g/mol. The molecular formula is C23H27NO9S. The summed E-state index contributed by atoms with van der Waals surface area (Å²) in [4.78, 5) is 29.6. The molecule has 0 radical (unpaired) electrons. The van der Waals surface area contributed by atoms with E-state index < -0.39 is 21.9 Å². The summed E-state index contributed by atoms with van der Waals surface area (Å²) in [6, 6.07) is 12.9. The van der Waals surface area contributed by atoms with Crippen LogP contribution >= 0.6 is 0 Å². The molecule has 0 fully saturated rings. The molecule has 2 aromatic carbocycles. The first-order valence-electron chi connectivity index (χ1n) is 10.7. The van der Waals surface area contributed by atoms with Crippen LogP contribution in [0.25, 0.3) is 0 Å². The lowest BCUT2D eigenvalue weighted by molar-refractivity contribution is -0.108. The van der Waals surface area contributed by atoms with Crippen LogP contribution in [0.1, 0.15) is 26.3 Å². The smallest absolute Gasteiger partial charge is 0.297 e. The number of amides is 2. The molecule has 2 aromatic rings. The monoisotopic (exact) mass is 493 g/mol. The van der Waals surface area contributed by atoms with Gasteiger partial charge >= 0.3 is 0 Å². The van der Waals surface area contributed by atoms with Crippen molar-refractivity contribution >= 4 is 21.9 Å². The first kappa shape index (κ1) is 25.9. The van der Waals surface area contributed by atoms with Crippen molar-refractivity contribution in [3.05, 3.63) is 65.2 Å². The maximum atomic E-state index is 12.1. The highest BCUT2D eigenvalue weighted by Crippen LogP contribution is 2.22. The summed E-state index contributed by atoms with van der Waals surface area (Å²) in [5.41, 5.74) is 1.61. The van der Waals surface area contributed by atoms with Gasteiger partial charge in [-0.15, -0.1) is 5.06 Å². The third kappa shape index (κ3) is 7.16. The van der Waals surface area contributed by atoms with Crippen molar-refractivity contribution < 1.29 is 41.2 Å². The Hall–Kier alpha value is -2.67. The summed E-state index contributed by atoms with van der Waals surface area (Å²) in [7, 11) is -3.79. The molecule has 1 heterocycles. The van der Waals surface area contributed by atoms with Crippen molar-refractivity contribution in [1.82, 2.24) is 5.06 Å². The quantitative estimate of drug-likeness (QED) is 0.208. The Morgan fingerprint density at radius 1 is 0.676 bits per heavy atom. The molecule has 0 N–H and O–H groups in total. The Morgan fingerprint density at radius 2 is 1.15 bits per heavy atom. The van der Waals surface area contributed by atoms with Gasteiger partial charge in [0.25, 0.3) is 21.9 Å². The standard InChI is InChI=1S/C23H27NO9S/c1-18-6-8-19(9-7-18)34(27,28)33-17-15-31-13-11-29-10-12-30-14-16-32-24-22(25)20-4-2-3-5-21(20)23(24)26/h2-9H,10-17H2,1H3. The number of hydrogen-bond acceptors (Lipinski definition) is 9. The molecule has 0 atom stereocenters. The number of ether oxygens (including phenoxy) is 3. The number of aryl methyl sites for hydroxylation is 1. The van der Waals surface area contributed by atoms with Crippen molar-refractivity contribution in [3.8, 4) is 0 Å². The lowest BCUT2D eigenvalue weighted by Crippen LogP contribution is -2.31. The first-order chi connectivity index (χ1) is 16.4. The van der Waals surface area contributed by atoms with Gasteiger partial charge in [-0.25, -0.2) is 0 Å². The summed E-state index contributed by atoms with van der Waals surface area (Å²) in [6.07, 6.45) is 0. The van der Waals surface area contributed by atoms with Gasteiger partial charge in [0.2, 0.25) is 0 Å². The van der Waals surface area contributed by atoms with Crippen LogP contribution in [-0.4, -0.2) is 78.2 Å². The Balaban J connectivity index is 1.15. The van der Waals surface area contributed by atoms with E-state index >= 15 is 0 Å². The summed E-state index contributed by atoms with van der Waals surface area (Å²) in [6.45, 7) is 3.30. The Bertz CT molecular complexity index is 1040. The van der Waals surface area contributed by atoms with Gasteiger partial charge in [-0.3, -0.25) is 18.6 Å². The van der Waals surface area contributed by atoms with E-state index in [0.29, 0.717) is 30.9 Å². The van der Waals surface area contributed by atoms with E-state index in [1.165, 1.54) is 12.1 Å². The summed E-state index contributed by atoms with van der Waals surface area (Å²) >= 11 is 0. The van der Waals surface area contributed by atoms with Crippen LogP contribution in [0.4, 0.5) is 0 Å². The zero-order chi connectivity index (χ0) is 24.4. The fourth-order valence-corrected chi connectivity index (χ4v) is 3.88. The van der Waals surface area contributed by atoms with Crippen LogP contribution in [0.3, 0.4) is 0 Å². The molecule has 11 heteroatoms. The molecule has 0 aliphatic carbocycles. The lowest BCUT2D eigenvalue weighted by atomic mass is 10.1. The molecule has 0 unspecified atom stereocenters. The number of carbonyl (C=O) groups excluding carboxylic acids is 2. The molecule has 0 bridgehead atoms. The average molecular weight is 494 g/mol. The van der Waals surface area contributed by atoms with Gasteiger partial charge in [0.1, 0.15) is 0 Å². The Labute approximate surface area is 198 Å². The van der Waals surface area contributed by atoms with Crippen molar-refractivity contribution in [2.75, 3.05) is 52.9 Å². The first-order valence-corrected chi connectivity index (χ1v) is 12.1. The number of benzene rings is 2. The highest BCUT2D eigenvalue weighted by molar-refractivity contribution is 7.86. The number of hydrogen-bond donors (Lipinski definition) is 0. The topological polar surface area (TPSA) is 118 Å². The van der Waals surface area contributed by atoms with Gasteiger partial charge in [-0.1, -0.05) is 29.8 Å². The van der Waals surface area contributed by atoms with Crippen LogP contribution < -0.4 is 0 Å². The minimum Gasteiger partial charge on any atom is -0.377 e. The minimum absolute atomic E-state index is 0.0417. The zero-order valence-electron chi connectivity index (χ0n) is 18.8. The van der Waals surface area contributed by atoms with Crippen molar-refractivity contribution in [2.45, 2.75) is 11.8 Å². The number of carbonyl (C=O) groups is 2. The highest BCUT2D eigenvalue weighted by Gasteiger charge is 2.36. The van der Waals surface area contributed by atoms with E-state index in [0.717, 1.165) is 10.6 Å². The predicted octanol–water partition coefficient (Wildman–Crippen LogP) is 1.98. The van der Waals surface area contributed by atoms with Crippen molar-refractivity contribution in [3.63, 3.8) is 0 Å². The summed E-state index contributed by atoms with van der Waals surface area (Å²) in [5, 5.41) is 0.748. The lowest BCUT2D eigenvalue weighted by Gasteiger charge is -2.13. The molecule has 1 aliphatic rings. The normalized spacial score (nSPS) is 13.5. The summed E-state index contributed by atoms with van der Waals surface area (Å²) in [5.74, 6) is -0.968. The third-order valence-corrected chi connectivity index (χ3v) is 6.05. The van der Waals surface area contributed by atoms with Crippen LogP contribution in [0, 0.1) is 6.92 Å². The molecule has 0 aromatic heterocycles. The fraction of sp³-hybridized carbons (Fsp3) is 0.391. The van der Waals surface area contributed by atoms with Gasteiger partial charge in [-0.2, -0.15) is 8.42 Å². The average Bonchev–Trinajstić information content (AvgIpc) is 3.07. The maximum absolute atomic E-state index is 12.1. The molecule has 0 spiro atoms. The van der Waals surface area contributed by atoms with Gasteiger partial charge in [0, 0.05) is 0 Å². The minimum atomic E-state index is -3.79. The molecule has 10 nitrogen and oxygen atoms in total. The second kappa shape index (κ2) is 12.7. The largest absolute Gasteiger partial charge is 0.377 e. The van der Waals surface area contributed by atoms with Crippen LogP contribution in [0.5, 0.6) is 0 Å². The molecule has 0 saturated carbocycles. The van der Waals surface area contributed by atoms with Gasteiger partial charge in [-0.05, 0) is 31.2 Å². The molecule has 0 saturated heterocycles. The molecule has 34 heavy (non-hydrogen) atoms. The fourth-order valence-electron chi connectivity index (χ4n) is 2.99. The summed E-state index contributed by atoms with van der Waals surface area (Å²) < 4.78 is 45.0. The molecule has 2 amide bonds. The second-order valence-corrected chi connectivity index (χ2v) is 8.83. The number of nitrogens with zero attached hydrogens (tertiary/aromatic N) is 1. The van der Waals surface area contributed by atoms with Gasteiger partial charge in [0.05, 0.1) is 68.9 Å². The second-order valence-electron chi connectivity index (χ2n) is 7.21. The number of fused-ring (bicyclic) bond motifs is 1. The van der Waals surface area contributed by atoms with Crippen LogP contribution in [-0.2, 0) is 33.3 Å². The van der Waals surface area contributed by atoms with E-state index in [1.54, 1.807) is 36.4 Å². The highest BCUT2D eigenvalue weighted by atomic mass is 32.2. The van der Waals surface area contributed by atoms with Crippen LogP contribution in [0.2, 0.25) is 0 Å². The van der Waals surface area contributed by atoms with E-state index in [9.17, 15) is 18.0 Å². The van der Waals surface area contributed by atoms with E-state index in [2.05, 4.69) is 0 Å². The van der Waals surface area contributed by atoms with E-state index in [4.69, 9.17) is 23.2 Å². The molecule has 184 valence electrons. The van der Waals surface area contributed by atoms with Gasteiger partial charge in [0.15, 0.2) is 0 Å². The van der Waals surface area contributed by atoms with E-state index in [1.807, 2.05) is 6.92 Å².